The number of unbranched alkanes of at least 4 members (excludes halogenated alkanes) is 1. The smallest absolute Gasteiger partial charge is 0.0971 e. The van der Waals surface area contributed by atoms with Crippen LogP contribution in [-0.2, 0) is 9.47 Å². The van der Waals surface area contributed by atoms with Gasteiger partial charge in [0.1, 0.15) is 0 Å². The molecule has 0 aromatic rings. The van der Waals surface area contributed by atoms with Crippen molar-refractivity contribution in [3.8, 4) is 0 Å². The number of hydrogen-bond donors (Lipinski definition) is 1. The summed E-state index contributed by atoms with van der Waals surface area (Å²) in [5.74, 6) is 0. The van der Waals surface area contributed by atoms with Gasteiger partial charge in [0.05, 0.1) is 12.2 Å². The van der Waals surface area contributed by atoms with Crippen LogP contribution in [0.1, 0.15) is 39.5 Å². The van der Waals surface area contributed by atoms with Gasteiger partial charge in [-0.05, 0) is 39.3 Å². The van der Waals surface area contributed by atoms with E-state index in [0.717, 1.165) is 19.6 Å². The van der Waals surface area contributed by atoms with E-state index in [9.17, 15) is 0 Å². The quantitative estimate of drug-likeness (QED) is 0.616. The molecule has 0 saturated carbocycles. The average molecular weight is 272 g/mol. The summed E-state index contributed by atoms with van der Waals surface area (Å²) < 4.78 is 10.9. The second-order valence-corrected chi connectivity index (χ2v) is 5.66. The second kappa shape index (κ2) is 9.70. The van der Waals surface area contributed by atoms with Crippen LogP contribution in [0.25, 0.3) is 0 Å². The summed E-state index contributed by atoms with van der Waals surface area (Å²) >= 11 is 0. The molecular weight excluding hydrogens is 240 g/mol. The van der Waals surface area contributed by atoms with Crippen LogP contribution >= 0.6 is 0 Å². The summed E-state index contributed by atoms with van der Waals surface area (Å²) in [4.78, 5) is 2.46. The zero-order valence-corrected chi connectivity index (χ0v) is 13.2. The third kappa shape index (κ3) is 6.21. The molecule has 0 amide bonds. The lowest BCUT2D eigenvalue weighted by atomic mass is 10.1. The minimum atomic E-state index is 0.246. The SMILES string of the molecule is CCCNC(C)CCCCN1CC(OC)C(OC)C1. The van der Waals surface area contributed by atoms with Gasteiger partial charge in [0.25, 0.3) is 0 Å². The van der Waals surface area contributed by atoms with Crippen molar-refractivity contribution < 1.29 is 9.47 Å². The van der Waals surface area contributed by atoms with Crippen molar-refractivity contribution in [2.24, 2.45) is 0 Å². The van der Waals surface area contributed by atoms with Crippen molar-refractivity contribution in [2.75, 3.05) is 40.4 Å². The topological polar surface area (TPSA) is 33.7 Å². The highest BCUT2D eigenvalue weighted by molar-refractivity contribution is 4.85. The highest BCUT2D eigenvalue weighted by Gasteiger charge is 2.32. The first-order valence-electron chi connectivity index (χ1n) is 7.72. The van der Waals surface area contributed by atoms with Gasteiger partial charge in [-0.1, -0.05) is 13.3 Å². The lowest BCUT2D eigenvalue weighted by molar-refractivity contribution is -0.00461. The number of rotatable bonds is 10. The molecule has 0 bridgehead atoms. The standard InChI is InChI=1S/C15H32N2O2/c1-5-9-16-13(2)8-6-7-10-17-11-14(18-3)15(12-17)19-4/h13-16H,5-12H2,1-4H3. The van der Waals surface area contributed by atoms with E-state index in [1.54, 1.807) is 14.2 Å². The Hall–Kier alpha value is -0.160. The Bertz CT molecular complexity index is 214. The first-order chi connectivity index (χ1) is 9.21. The number of ether oxygens (including phenoxy) is 2. The summed E-state index contributed by atoms with van der Waals surface area (Å²) in [5, 5.41) is 3.54. The zero-order chi connectivity index (χ0) is 14.1. The molecule has 0 aliphatic carbocycles. The van der Waals surface area contributed by atoms with E-state index in [1.807, 2.05) is 0 Å². The van der Waals surface area contributed by atoms with Gasteiger partial charge in [-0.15, -0.1) is 0 Å². The Morgan fingerprint density at radius 1 is 1.16 bits per heavy atom. The number of hydrogen-bond acceptors (Lipinski definition) is 4. The maximum absolute atomic E-state index is 5.46. The number of likely N-dealkylation sites (tertiary alicyclic amines) is 1. The molecule has 1 heterocycles. The maximum atomic E-state index is 5.46. The van der Waals surface area contributed by atoms with Crippen LogP contribution < -0.4 is 5.32 Å². The minimum Gasteiger partial charge on any atom is -0.377 e. The van der Waals surface area contributed by atoms with E-state index in [0.29, 0.717) is 6.04 Å². The zero-order valence-electron chi connectivity index (χ0n) is 13.2. The molecule has 1 N–H and O–H groups in total. The minimum absolute atomic E-state index is 0.246. The fraction of sp³-hybridized carbons (Fsp3) is 1.00. The molecule has 1 rings (SSSR count). The van der Waals surface area contributed by atoms with Gasteiger partial charge in [0.2, 0.25) is 0 Å². The molecule has 4 heteroatoms. The first kappa shape index (κ1) is 16.9. The van der Waals surface area contributed by atoms with E-state index >= 15 is 0 Å². The van der Waals surface area contributed by atoms with Gasteiger partial charge in [-0.2, -0.15) is 0 Å². The average Bonchev–Trinajstić information content (AvgIpc) is 2.83. The van der Waals surface area contributed by atoms with Crippen molar-refractivity contribution in [2.45, 2.75) is 57.8 Å². The molecule has 1 aliphatic heterocycles. The molecule has 1 saturated heterocycles. The van der Waals surface area contributed by atoms with Gasteiger partial charge in [-0.3, -0.25) is 4.90 Å². The Morgan fingerprint density at radius 3 is 2.32 bits per heavy atom. The highest BCUT2D eigenvalue weighted by atomic mass is 16.5. The summed E-state index contributed by atoms with van der Waals surface area (Å²) in [5.41, 5.74) is 0. The van der Waals surface area contributed by atoms with Gasteiger partial charge >= 0.3 is 0 Å². The Kier molecular flexibility index (Phi) is 8.62. The predicted molar refractivity (Wildman–Crippen MR) is 79.6 cm³/mol. The van der Waals surface area contributed by atoms with Crippen LogP contribution in [0.2, 0.25) is 0 Å². The van der Waals surface area contributed by atoms with Crippen molar-refractivity contribution >= 4 is 0 Å². The monoisotopic (exact) mass is 272 g/mol. The lowest BCUT2D eigenvalue weighted by Gasteiger charge is -2.16. The van der Waals surface area contributed by atoms with Crippen LogP contribution in [-0.4, -0.2) is 63.5 Å². The van der Waals surface area contributed by atoms with Crippen molar-refractivity contribution in [1.29, 1.82) is 0 Å². The van der Waals surface area contributed by atoms with Crippen molar-refractivity contribution in [3.63, 3.8) is 0 Å². The van der Waals surface area contributed by atoms with Crippen LogP contribution in [0.15, 0.2) is 0 Å². The van der Waals surface area contributed by atoms with E-state index in [2.05, 4.69) is 24.1 Å². The Balaban J connectivity index is 2.07. The number of methoxy groups -OCH3 is 2. The molecule has 3 unspecified atom stereocenters. The molecule has 19 heavy (non-hydrogen) atoms. The van der Waals surface area contributed by atoms with Gasteiger partial charge in [0.15, 0.2) is 0 Å². The second-order valence-electron chi connectivity index (χ2n) is 5.66. The summed E-state index contributed by atoms with van der Waals surface area (Å²) in [7, 11) is 3.56. The molecule has 1 aliphatic rings. The van der Waals surface area contributed by atoms with Crippen LogP contribution in [0.4, 0.5) is 0 Å². The summed E-state index contributed by atoms with van der Waals surface area (Å²) in [6.07, 6.45) is 5.55. The van der Waals surface area contributed by atoms with E-state index in [4.69, 9.17) is 9.47 Å². The van der Waals surface area contributed by atoms with Crippen molar-refractivity contribution in [3.05, 3.63) is 0 Å². The van der Waals surface area contributed by atoms with Gasteiger partial charge in [-0.25, -0.2) is 0 Å². The van der Waals surface area contributed by atoms with Crippen LogP contribution in [0.3, 0.4) is 0 Å². The molecular formula is C15H32N2O2. The molecule has 3 atom stereocenters. The fourth-order valence-corrected chi connectivity index (χ4v) is 2.73. The Labute approximate surface area is 118 Å². The maximum Gasteiger partial charge on any atom is 0.0971 e. The van der Waals surface area contributed by atoms with Gasteiger partial charge < -0.3 is 14.8 Å². The largest absolute Gasteiger partial charge is 0.377 e. The van der Waals surface area contributed by atoms with E-state index in [1.165, 1.54) is 32.2 Å². The predicted octanol–water partition coefficient (Wildman–Crippen LogP) is 1.89. The van der Waals surface area contributed by atoms with Crippen LogP contribution in [0, 0.1) is 0 Å². The molecule has 1 fully saturated rings. The molecule has 0 aromatic carbocycles. The highest BCUT2D eigenvalue weighted by Crippen LogP contribution is 2.16. The molecule has 0 aromatic heterocycles. The number of nitrogens with zero attached hydrogens (tertiary/aromatic N) is 1. The summed E-state index contributed by atoms with van der Waals surface area (Å²) in [6.45, 7) is 8.83. The molecule has 0 radical (unpaired) electrons. The third-order valence-corrected chi connectivity index (χ3v) is 4.00. The molecule has 0 spiro atoms. The van der Waals surface area contributed by atoms with Crippen LogP contribution in [0.5, 0.6) is 0 Å². The Morgan fingerprint density at radius 2 is 1.79 bits per heavy atom. The van der Waals surface area contributed by atoms with E-state index < -0.39 is 0 Å². The fourth-order valence-electron chi connectivity index (χ4n) is 2.73. The lowest BCUT2D eigenvalue weighted by Crippen LogP contribution is -2.27. The van der Waals surface area contributed by atoms with Gasteiger partial charge in [0, 0.05) is 33.4 Å². The first-order valence-corrected chi connectivity index (χ1v) is 7.72. The number of nitrogens with one attached hydrogen (secondary N) is 1. The third-order valence-electron chi connectivity index (χ3n) is 4.00. The van der Waals surface area contributed by atoms with Crippen molar-refractivity contribution in [1.82, 2.24) is 10.2 Å². The normalized spacial score (nSPS) is 25.9. The summed E-state index contributed by atoms with van der Waals surface area (Å²) in [6, 6.07) is 0.650. The molecule has 4 nitrogen and oxygen atoms in total. The molecule has 114 valence electrons. The van der Waals surface area contributed by atoms with E-state index in [-0.39, 0.29) is 12.2 Å².